The average Bonchev–Trinajstić information content (AvgIpc) is 2.16. The Hall–Kier alpha value is -1.29. The molecule has 1 aromatic rings. The van der Waals surface area contributed by atoms with Crippen LogP contribution in [-0.2, 0) is 0 Å². The highest BCUT2D eigenvalue weighted by Gasteiger charge is 2.28. The summed E-state index contributed by atoms with van der Waals surface area (Å²) in [4.78, 5) is 0. The topological polar surface area (TPSA) is 44.5 Å². The molecule has 0 radical (unpaired) electrons. The summed E-state index contributed by atoms with van der Waals surface area (Å²) in [5, 5.41) is 0. The van der Waals surface area contributed by atoms with E-state index in [0.29, 0.717) is 11.5 Å². The van der Waals surface area contributed by atoms with E-state index in [9.17, 15) is 4.39 Å². The molecular weight excluding hydrogens is 197 g/mol. The monoisotopic (exact) mass is 211 g/mol. The standard InChI is InChI=1S/C11H14FNO2/c1-14-10-3-2-7(12)4-11(10)15-9-5-8(13)6-9/h2-4,8-9H,5-6,13H2,1H3/t8-,9-. The second kappa shape index (κ2) is 4.06. The Labute approximate surface area is 88.0 Å². The summed E-state index contributed by atoms with van der Waals surface area (Å²) in [6, 6.07) is 4.46. The average molecular weight is 211 g/mol. The third-order valence-electron chi connectivity index (χ3n) is 2.55. The zero-order chi connectivity index (χ0) is 10.8. The molecule has 0 saturated heterocycles. The number of halogens is 1. The first-order valence-electron chi connectivity index (χ1n) is 4.95. The van der Waals surface area contributed by atoms with Crippen LogP contribution in [0.3, 0.4) is 0 Å². The molecule has 0 aliphatic heterocycles. The van der Waals surface area contributed by atoms with Gasteiger partial charge in [-0.3, -0.25) is 0 Å². The lowest BCUT2D eigenvalue weighted by molar-refractivity contribution is 0.0969. The lowest BCUT2D eigenvalue weighted by Crippen LogP contribution is -2.43. The van der Waals surface area contributed by atoms with Crippen molar-refractivity contribution in [3.63, 3.8) is 0 Å². The van der Waals surface area contributed by atoms with E-state index in [1.165, 1.54) is 19.2 Å². The van der Waals surface area contributed by atoms with E-state index in [1.54, 1.807) is 6.07 Å². The molecule has 2 N–H and O–H groups in total. The summed E-state index contributed by atoms with van der Waals surface area (Å²) >= 11 is 0. The summed E-state index contributed by atoms with van der Waals surface area (Å²) < 4.78 is 23.6. The van der Waals surface area contributed by atoms with Crippen molar-refractivity contribution in [2.24, 2.45) is 5.73 Å². The summed E-state index contributed by atoms with van der Waals surface area (Å²) in [6.45, 7) is 0. The second-order valence-electron chi connectivity index (χ2n) is 3.77. The minimum absolute atomic E-state index is 0.0932. The Morgan fingerprint density at radius 3 is 2.67 bits per heavy atom. The molecule has 1 saturated carbocycles. The smallest absolute Gasteiger partial charge is 0.164 e. The van der Waals surface area contributed by atoms with Crippen LogP contribution in [0.25, 0.3) is 0 Å². The number of hydrogen-bond donors (Lipinski definition) is 1. The van der Waals surface area contributed by atoms with Gasteiger partial charge in [0, 0.05) is 12.1 Å². The van der Waals surface area contributed by atoms with Gasteiger partial charge in [0.15, 0.2) is 11.5 Å². The molecule has 2 rings (SSSR count). The Bertz CT molecular complexity index is 350. The number of rotatable bonds is 3. The summed E-state index contributed by atoms with van der Waals surface area (Å²) in [5.74, 6) is 0.681. The molecule has 0 amide bonds. The van der Waals surface area contributed by atoms with Crippen LogP contribution in [0, 0.1) is 5.82 Å². The minimum atomic E-state index is -0.325. The van der Waals surface area contributed by atoms with E-state index in [-0.39, 0.29) is 18.0 Å². The number of benzene rings is 1. The predicted molar refractivity (Wildman–Crippen MR) is 54.6 cm³/mol. The molecule has 1 aromatic carbocycles. The van der Waals surface area contributed by atoms with Gasteiger partial charge >= 0.3 is 0 Å². The molecule has 1 aliphatic rings. The maximum Gasteiger partial charge on any atom is 0.164 e. The van der Waals surface area contributed by atoms with Crippen LogP contribution < -0.4 is 15.2 Å². The molecule has 82 valence electrons. The van der Waals surface area contributed by atoms with Crippen molar-refractivity contribution >= 4 is 0 Å². The van der Waals surface area contributed by atoms with Gasteiger partial charge in [0.1, 0.15) is 11.9 Å². The molecule has 0 heterocycles. The lowest BCUT2D eigenvalue weighted by atomic mass is 9.90. The van der Waals surface area contributed by atoms with Crippen LogP contribution >= 0.6 is 0 Å². The zero-order valence-electron chi connectivity index (χ0n) is 8.57. The van der Waals surface area contributed by atoms with Crippen LogP contribution in [0.2, 0.25) is 0 Å². The fourth-order valence-electron chi connectivity index (χ4n) is 1.62. The lowest BCUT2D eigenvalue weighted by Gasteiger charge is -2.32. The fraction of sp³-hybridized carbons (Fsp3) is 0.455. The second-order valence-corrected chi connectivity index (χ2v) is 3.77. The first kappa shape index (κ1) is 10.2. The number of methoxy groups -OCH3 is 1. The predicted octanol–water partition coefficient (Wildman–Crippen LogP) is 1.70. The van der Waals surface area contributed by atoms with Crippen molar-refractivity contribution in [2.75, 3.05) is 7.11 Å². The number of hydrogen-bond acceptors (Lipinski definition) is 3. The first-order valence-corrected chi connectivity index (χ1v) is 4.95. The highest BCUT2D eigenvalue weighted by molar-refractivity contribution is 5.40. The van der Waals surface area contributed by atoms with Crippen molar-refractivity contribution in [2.45, 2.75) is 25.0 Å². The van der Waals surface area contributed by atoms with Crippen molar-refractivity contribution in [3.8, 4) is 11.5 Å². The summed E-state index contributed by atoms with van der Waals surface area (Å²) in [7, 11) is 1.53. The molecule has 0 unspecified atom stereocenters. The minimum Gasteiger partial charge on any atom is -0.493 e. The third kappa shape index (κ3) is 2.21. The van der Waals surface area contributed by atoms with E-state index >= 15 is 0 Å². The first-order chi connectivity index (χ1) is 7.19. The molecule has 0 aromatic heterocycles. The third-order valence-corrected chi connectivity index (χ3v) is 2.55. The van der Waals surface area contributed by atoms with E-state index < -0.39 is 0 Å². The number of nitrogens with two attached hydrogens (primary N) is 1. The van der Waals surface area contributed by atoms with Crippen LogP contribution in [0.5, 0.6) is 11.5 Å². The summed E-state index contributed by atoms with van der Waals surface area (Å²) in [5.41, 5.74) is 5.64. The molecular formula is C11H14FNO2. The molecule has 1 aliphatic carbocycles. The normalized spacial score (nSPS) is 24.5. The maximum absolute atomic E-state index is 13.0. The van der Waals surface area contributed by atoms with Gasteiger partial charge in [0.2, 0.25) is 0 Å². The fourth-order valence-corrected chi connectivity index (χ4v) is 1.62. The van der Waals surface area contributed by atoms with Gasteiger partial charge in [-0.15, -0.1) is 0 Å². The van der Waals surface area contributed by atoms with Gasteiger partial charge in [0.05, 0.1) is 7.11 Å². The largest absolute Gasteiger partial charge is 0.493 e. The van der Waals surface area contributed by atoms with Crippen molar-refractivity contribution < 1.29 is 13.9 Å². The van der Waals surface area contributed by atoms with Crippen molar-refractivity contribution in [1.82, 2.24) is 0 Å². The van der Waals surface area contributed by atoms with Gasteiger partial charge < -0.3 is 15.2 Å². The highest BCUT2D eigenvalue weighted by atomic mass is 19.1. The van der Waals surface area contributed by atoms with Crippen LogP contribution in [0.4, 0.5) is 4.39 Å². The van der Waals surface area contributed by atoms with E-state index in [0.717, 1.165) is 12.8 Å². The van der Waals surface area contributed by atoms with Gasteiger partial charge in [-0.25, -0.2) is 4.39 Å². The molecule has 0 spiro atoms. The molecule has 0 bridgehead atoms. The Kier molecular flexibility index (Phi) is 2.77. The highest BCUT2D eigenvalue weighted by Crippen LogP contribution is 2.32. The molecule has 15 heavy (non-hydrogen) atoms. The van der Waals surface area contributed by atoms with Gasteiger partial charge in [0.25, 0.3) is 0 Å². The SMILES string of the molecule is COc1ccc(F)cc1O[C@H]1C[C@H](N)C1. The quantitative estimate of drug-likeness (QED) is 0.827. The Morgan fingerprint density at radius 2 is 2.07 bits per heavy atom. The van der Waals surface area contributed by atoms with E-state index in [2.05, 4.69) is 0 Å². The molecule has 3 nitrogen and oxygen atoms in total. The van der Waals surface area contributed by atoms with Crippen LogP contribution in [-0.4, -0.2) is 19.3 Å². The van der Waals surface area contributed by atoms with Crippen LogP contribution in [0.1, 0.15) is 12.8 Å². The van der Waals surface area contributed by atoms with Crippen molar-refractivity contribution in [3.05, 3.63) is 24.0 Å². The Balaban J connectivity index is 2.08. The van der Waals surface area contributed by atoms with Gasteiger partial charge in [-0.2, -0.15) is 0 Å². The van der Waals surface area contributed by atoms with Crippen molar-refractivity contribution in [1.29, 1.82) is 0 Å². The molecule has 0 atom stereocenters. The van der Waals surface area contributed by atoms with Gasteiger partial charge in [-0.1, -0.05) is 0 Å². The van der Waals surface area contributed by atoms with E-state index in [4.69, 9.17) is 15.2 Å². The number of ether oxygens (including phenoxy) is 2. The molecule has 1 fully saturated rings. The molecule has 4 heteroatoms. The van der Waals surface area contributed by atoms with E-state index in [1.807, 2.05) is 0 Å². The maximum atomic E-state index is 13.0. The Morgan fingerprint density at radius 1 is 1.33 bits per heavy atom. The summed E-state index contributed by atoms with van der Waals surface area (Å²) in [6.07, 6.45) is 1.73. The van der Waals surface area contributed by atoms with Crippen LogP contribution in [0.15, 0.2) is 18.2 Å². The zero-order valence-corrected chi connectivity index (χ0v) is 8.57. The van der Waals surface area contributed by atoms with Gasteiger partial charge in [-0.05, 0) is 25.0 Å².